The fourth-order valence-corrected chi connectivity index (χ4v) is 4.91. The second-order valence-corrected chi connectivity index (χ2v) is 12.4. The lowest BCUT2D eigenvalue weighted by atomic mass is 10.0. The number of carbonyl (C=O) groups is 2. The summed E-state index contributed by atoms with van der Waals surface area (Å²) >= 11 is 5.70. The molecule has 12 heteroatoms. The minimum Gasteiger partial charge on any atom is -0.350 e. The third kappa shape index (κ3) is 8.36. The minimum absolute atomic E-state index is 0.00635. The maximum Gasteiger partial charge on any atom is 0.417 e. The second kappa shape index (κ2) is 11.9. The second-order valence-electron chi connectivity index (χ2n) is 10.0. The van der Waals surface area contributed by atoms with Gasteiger partial charge in [0.25, 0.3) is 0 Å². The molecule has 0 spiro atoms. The monoisotopic (exact) mass is 575 g/mol. The number of anilines is 1. The van der Waals surface area contributed by atoms with Gasteiger partial charge < -0.3 is 10.2 Å². The maximum atomic E-state index is 13.7. The van der Waals surface area contributed by atoms with Crippen molar-refractivity contribution in [2.45, 2.75) is 65.3 Å². The summed E-state index contributed by atoms with van der Waals surface area (Å²) in [6.45, 7) is 8.09. The van der Waals surface area contributed by atoms with Gasteiger partial charge in [-0.2, -0.15) is 13.2 Å². The van der Waals surface area contributed by atoms with Crippen LogP contribution in [-0.4, -0.2) is 49.5 Å². The average molecular weight is 576 g/mol. The Bertz CT molecular complexity index is 1280. The van der Waals surface area contributed by atoms with Crippen LogP contribution in [0.1, 0.15) is 50.8 Å². The quantitative estimate of drug-likeness (QED) is 0.448. The average Bonchev–Trinajstić information content (AvgIpc) is 2.76. The molecule has 2 amide bonds. The lowest BCUT2D eigenvalue weighted by molar-refractivity contribution is -0.141. The fourth-order valence-electron chi connectivity index (χ4n) is 3.84. The van der Waals surface area contributed by atoms with Gasteiger partial charge in [0.15, 0.2) is 0 Å². The summed E-state index contributed by atoms with van der Waals surface area (Å²) in [5.41, 5.74) is -0.618. The van der Waals surface area contributed by atoms with Crippen LogP contribution in [-0.2, 0) is 32.3 Å². The lowest BCUT2D eigenvalue weighted by Gasteiger charge is -2.35. The van der Waals surface area contributed by atoms with Crippen molar-refractivity contribution in [2.75, 3.05) is 17.1 Å². The summed E-state index contributed by atoms with van der Waals surface area (Å²) in [5, 5.41) is 2.24. The zero-order valence-corrected chi connectivity index (χ0v) is 23.8. The first-order valence-electron chi connectivity index (χ1n) is 11.9. The topological polar surface area (TPSA) is 86.8 Å². The Labute approximate surface area is 227 Å². The van der Waals surface area contributed by atoms with Crippen molar-refractivity contribution in [2.24, 2.45) is 0 Å². The number of aryl methyl sites for hydroxylation is 1. The van der Waals surface area contributed by atoms with Crippen molar-refractivity contribution in [1.82, 2.24) is 10.2 Å². The Balaban J connectivity index is 2.56. The van der Waals surface area contributed by atoms with Gasteiger partial charge in [-0.1, -0.05) is 42.8 Å². The first-order chi connectivity index (χ1) is 17.3. The van der Waals surface area contributed by atoms with E-state index in [-0.39, 0.29) is 18.7 Å². The Kier molecular flexibility index (Phi) is 9.88. The van der Waals surface area contributed by atoms with Crippen LogP contribution >= 0.6 is 11.6 Å². The van der Waals surface area contributed by atoms with Crippen molar-refractivity contribution in [3.63, 3.8) is 0 Å². The molecule has 7 nitrogen and oxygen atoms in total. The van der Waals surface area contributed by atoms with Crippen molar-refractivity contribution in [1.29, 1.82) is 0 Å². The summed E-state index contributed by atoms with van der Waals surface area (Å²) < 4.78 is 66.3. The zero-order chi connectivity index (χ0) is 29.1. The van der Waals surface area contributed by atoms with Crippen LogP contribution in [0.2, 0.25) is 5.02 Å². The predicted molar refractivity (Wildman–Crippen MR) is 142 cm³/mol. The Morgan fingerprint density at radius 1 is 1.08 bits per heavy atom. The van der Waals surface area contributed by atoms with Gasteiger partial charge in [-0.25, -0.2) is 8.42 Å². The van der Waals surface area contributed by atoms with E-state index in [0.29, 0.717) is 10.4 Å². The van der Waals surface area contributed by atoms with Gasteiger partial charge in [0.1, 0.15) is 12.6 Å². The largest absolute Gasteiger partial charge is 0.417 e. The standard InChI is InChI=1S/C26H33ClF3N3O4S/c1-7-22(24(35)31-25(3,4)5)32(15-18-11-9-8-10-17(18)2)23(34)16-33(38(6,36)37)19-12-13-21(27)20(14-19)26(28,29)30/h8-14,22H,7,15-16H2,1-6H3,(H,31,35). The SMILES string of the molecule is CCC(C(=O)NC(C)(C)C)N(Cc1ccccc1C)C(=O)CN(c1ccc(Cl)c(C(F)(F)F)c1)S(C)(=O)=O. The molecule has 2 rings (SSSR count). The van der Waals surface area contributed by atoms with E-state index in [1.165, 1.54) is 4.90 Å². The lowest BCUT2D eigenvalue weighted by Crippen LogP contribution is -2.55. The van der Waals surface area contributed by atoms with Crippen molar-refractivity contribution < 1.29 is 31.2 Å². The molecule has 38 heavy (non-hydrogen) atoms. The van der Waals surface area contributed by atoms with Gasteiger partial charge in [0.05, 0.1) is 22.5 Å². The zero-order valence-electron chi connectivity index (χ0n) is 22.2. The molecule has 0 bridgehead atoms. The molecule has 1 atom stereocenters. The fraction of sp³-hybridized carbons (Fsp3) is 0.462. The van der Waals surface area contributed by atoms with E-state index >= 15 is 0 Å². The van der Waals surface area contributed by atoms with Gasteiger partial charge in [-0.05, 0) is 63.4 Å². The molecule has 0 aromatic heterocycles. The Morgan fingerprint density at radius 3 is 2.18 bits per heavy atom. The molecule has 0 saturated carbocycles. The van der Waals surface area contributed by atoms with E-state index in [1.54, 1.807) is 39.8 Å². The minimum atomic E-state index is -4.84. The highest BCUT2D eigenvalue weighted by atomic mass is 35.5. The smallest absolute Gasteiger partial charge is 0.350 e. The summed E-state index contributed by atoms with van der Waals surface area (Å²) in [5.74, 6) is -1.18. The maximum absolute atomic E-state index is 13.7. The third-order valence-electron chi connectivity index (χ3n) is 5.71. The molecule has 0 aliphatic carbocycles. The van der Waals surface area contributed by atoms with Crippen LogP contribution in [0.5, 0.6) is 0 Å². The summed E-state index contributed by atoms with van der Waals surface area (Å²) in [4.78, 5) is 28.1. The van der Waals surface area contributed by atoms with E-state index < -0.39 is 56.7 Å². The third-order valence-corrected chi connectivity index (χ3v) is 7.18. The van der Waals surface area contributed by atoms with Gasteiger partial charge >= 0.3 is 6.18 Å². The number of hydrogen-bond donors (Lipinski definition) is 1. The predicted octanol–water partition coefficient (Wildman–Crippen LogP) is 5.16. The van der Waals surface area contributed by atoms with Crippen LogP contribution in [0.15, 0.2) is 42.5 Å². The number of carbonyl (C=O) groups excluding carboxylic acids is 2. The number of nitrogens with one attached hydrogen (secondary N) is 1. The molecule has 1 unspecified atom stereocenters. The molecule has 0 aliphatic rings. The molecule has 0 aliphatic heterocycles. The van der Waals surface area contributed by atoms with E-state index in [9.17, 15) is 31.2 Å². The highest BCUT2D eigenvalue weighted by Gasteiger charge is 2.36. The molecule has 210 valence electrons. The van der Waals surface area contributed by atoms with Crippen LogP contribution < -0.4 is 9.62 Å². The number of nitrogens with zero attached hydrogens (tertiary/aromatic N) is 2. The molecule has 2 aromatic carbocycles. The highest BCUT2D eigenvalue weighted by Crippen LogP contribution is 2.37. The normalized spacial score (nSPS) is 13.1. The van der Waals surface area contributed by atoms with Crippen LogP contribution in [0, 0.1) is 6.92 Å². The van der Waals surface area contributed by atoms with E-state index in [4.69, 9.17) is 11.6 Å². The number of benzene rings is 2. The molecule has 2 aromatic rings. The van der Waals surface area contributed by atoms with Gasteiger partial charge in [0, 0.05) is 12.1 Å². The van der Waals surface area contributed by atoms with Crippen molar-refractivity contribution in [3.05, 3.63) is 64.2 Å². The number of alkyl halides is 3. The van der Waals surface area contributed by atoms with E-state index in [0.717, 1.165) is 29.5 Å². The van der Waals surface area contributed by atoms with Crippen LogP contribution in [0.25, 0.3) is 0 Å². The van der Waals surface area contributed by atoms with Gasteiger partial charge in [0.2, 0.25) is 21.8 Å². The molecule has 0 saturated heterocycles. The summed E-state index contributed by atoms with van der Waals surface area (Å²) in [7, 11) is -4.21. The van der Waals surface area contributed by atoms with Crippen LogP contribution in [0.3, 0.4) is 0 Å². The number of sulfonamides is 1. The van der Waals surface area contributed by atoms with Gasteiger partial charge in [-0.3, -0.25) is 13.9 Å². The summed E-state index contributed by atoms with van der Waals surface area (Å²) in [6, 6.07) is 8.87. The van der Waals surface area contributed by atoms with Crippen molar-refractivity contribution in [3.8, 4) is 0 Å². The molecule has 0 fully saturated rings. The Hall–Kier alpha value is -2.79. The van der Waals surface area contributed by atoms with Crippen LogP contribution in [0.4, 0.5) is 18.9 Å². The highest BCUT2D eigenvalue weighted by molar-refractivity contribution is 7.92. The molecular weight excluding hydrogens is 543 g/mol. The number of rotatable bonds is 9. The number of amides is 2. The molecular formula is C26H33ClF3N3O4S. The van der Waals surface area contributed by atoms with E-state index in [2.05, 4.69) is 5.32 Å². The number of halogens is 4. The first-order valence-corrected chi connectivity index (χ1v) is 14.1. The summed E-state index contributed by atoms with van der Waals surface area (Å²) in [6.07, 6.45) is -3.83. The van der Waals surface area contributed by atoms with Gasteiger partial charge in [-0.15, -0.1) is 0 Å². The molecule has 0 radical (unpaired) electrons. The molecule has 1 N–H and O–H groups in total. The number of hydrogen-bond acceptors (Lipinski definition) is 4. The molecule has 0 heterocycles. The Morgan fingerprint density at radius 2 is 1.68 bits per heavy atom. The van der Waals surface area contributed by atoms with Crippen molar-refractivity contribution >= 4 is 39.1 Å². The van der Waals surface area contributed by atoms with E-state index in [1.807, 2.05) is 19.1 Å². The first kappa shape index (κ1) is 31.4.